The van der Waals surface area contributed by atoms with Gasteiger partial charge in [-0.05, 0) is 12.1 Å². The number of furan rings is 1. The van der Waals surface area contributed by atoms with E-state index in [1.54, 1.807) is 12.1 Å². The van der Waals surface area contributed by atoms with Crippen LogP contribution in [0.4, 0.5) is 0 Å². The van der Waals surface area contributed by atoms with E-state index >= 15 is 0 Å². The molecule has 1 aromatic heterocycles. The molecule has 6 nitrogen and oxygen atoms in total. The first-order valence-corrected chi connectivity index (χ1v) is 5.05. The number of nitrogens with zero attached hydrogens (tertiary/aromatic N) is 2. The van der Waals surface area contributed by atoms with Crippen LogP contribution in [0.1, 0.15) is 16.3 Å². The number of guanidine groups is 1. The van der Waals surface area contributed by atoms with E-state index in [9.17, 15) is 4.79 Å². The summed E-state index contributed by atoms with van der Waals surface area (Å²) in [5.74, 6) is 1.13. The van der Waals surface area contributed by atoms with Crippen LogP contribution in [0.2, 0.25) is 0 Å². The molecule has 0 bridgehead atoms. The van der Waals surface area contributed by atoms with Gasteiger partial charge in [-0.3, -0.25) is 9.79 Å². The molecule has 1 aliphatic heterocycles. The van der Waals surface area contributed by atoms with Gasteiger partial charge in [0, 0.05) is 13.6 Å². The van der Waals surface area contributed by atoms with Crippen LogP contribution >= 0.6 is 0 Å². The van der Waals surface area contributed by atoms with Gasteiger partial charge in [-0.2, -0.15) is 0 Å². The Labute approximate surface area is 93.1 Å². The molecule has 2 heterocycles. The molecule has 1 amide bonds. The van der Waals surface area contributed by atoms with Gasteiger partial charge in [0.1, 0.15) is 5.76 Å². The van der Waals surface area contributed by atoms with Crippen LogP contribution < -0.4 is 11.1 Å². The largest absolute Gasteiger partial charge is 0.454 e. The second-order valence-corrected chi connectivity index (χ2v) is 3.61. The minimum absolute atomic E-state index is 0.179. The first-order chi connectivity index (χ1) is 7.66. The molecule has 2 rings (SSSR count). The van der Waals surface area contributed by atoms with Crippen molar-refractivity contribution in [2.24, 2.45) is 10.7 Å². The number of rotatable bonds is 3. The van der Waals surface area contributed by atoms with Crippen LogP contribution in [0.5, 0.6) is 0 Å². The van der Waals surface area contributed by atoms with Crippen LogP contribution in [0.3, 0.4) is 0 Å². The fraction of sp³-hybridized carbons (Fsp3) is 0.400. The normalized spacial score (nSPS) is 15.1. The molecule has 1 aliphatic rings. The average molecular weight is 222 g/mol. The Kier molecular flexibility index (Phi) is 2.80. The Bertz CT molecular complexity index is 424. The zero-order valence-electron chi connectivity index (χ0n) is 9.06. The zero-order chi connectivity index (χ0) is 11.5. The molecule has 0 atom stereocenters. The van der Waals surface area contributed by atoms with Gasteiger partial charge >= 0.3 is 0 Å². The molecule has 1 aromatic rings. The summed E-state index contributed by atoms with van der Waals surface area (Å²) >= 11 is 0. The number of primary amides is 1. The molecular weight excluding hydrogens is 208 g/mol. The molecular formula is C10H14N4O2. The van der Waals surface area contributed by atoms with Crippen molar-refractivity contribution in [2.45, 2.75) is 6.54 Å². The number of hydrogen-bond donors (Lipinski definition) is 2. The highest BCUT2D eigenvalue weighted by Gasteiger charge is 2.12. The topological polar surface area (TPSA) is 83.9 Å². The van der Waals surface area contributed by atoms with E-state index in [0.29, 0.717) is 12.3 Å². The summed E-state index contributed by atoms with van der Waals surface area (Å²) in [6.07, 6.45) is 0. The number of carbonyl (C=O) groups excluding carboxylic acids is 1. The molecule has 3 N–H and O–H groups in total. The van der Waals surface area contributed by atoms with Gasteiger partial charge in [-0.1, -0.05) is 0 Å². The summed E-state index contributed by atoms with van der Waals surface area (Å²) in [6.45, 7) is 2.23. The first-order valence-electron chi connectivity index (χ1n) is 5.05. The van der Waals surface area contributed by atoms with Crippen LogP contribution in [-0.2, 0) is 6.54 Å². The van der Waals surface area contributed by atoms with Crippen molar-refractivity contribution in [3.05, 3.63) is 23.7 Å². The number of nitrogens with two attached hydrogens (primary N) is 1. The molecule has 0 unspecified atom stereocenters. The van der Waals surface area contributed by atoms with E-state index in [4.69, 9.17) is 10.2 Å². The van der Waals surface area contributed by atoms with E-state index in [2.05, 4.69) is 10.3 Å². The predicted molar refractivity (Wildman–Crippen MR) is 59.0 cm³/mol. The maximum atomic E-state index is 10.8. The third-order valence-electron chi connectivity index (χ3n) is 2.38. The van der Waals surface area contributed by atoms with Gasteiger partial charge in [0.2, 0.25) is 0 Å². The van der Waals surface area contributed by atoms with Gasteiger partial charge in [-0.25, -0.2) is 0 Å². The number of carbonyl (C=O) groups is 1. The lowest BCUT2D eigenvalue weighted by atomic mass is 10.4. The Balaban J connectivity index is 1.92. The molecule has 86 valence electrons. The quantitative estimate of drug-likeness (QED) is 0.740. The number of aliphatic imine (C=N–C) groups is 1. The molecule has 0 radical (unpaired) electrons. The summed E-state index contributed by atoms with van der Waals surface area (Å²) in [5.41, 5.74) is 5.08. The third kappa shape index (κ3) is 2.16. The second-order valence-electron chi connectivity index (χ2n) is 3.61. The molecule has 0 aliphatic carbocycles. The van der Waals surface area contributed by atoms with Crippen molar-refractivity contribution in [1.82, 2.24) is 10.2 Å². The van der Waals surface area contributed by atoms with E-state index < -0.39 is 5.91 Å². The number of likely N-dealkylation sites (N-methyl/N-ethyl adjacent to an activating group) is 1. The molecule has 16 heavy (non-hydrogen) atoms. The number of amides is 1. The smallest absolute Gasteiger partial charge is 0.284 e. The summed E-state index contributed by atoms with van der Waals surface area (Å²) < 4.78 is 5.23. The summed E-state index contributed by atoms with van der Waals surface area (Å²) in [6, 6.07) is 3.29. The van der Waals surface area contributed by atoms with E-state index in [0.717, 1.165) is 19.0 Å². The van der Waals surface area contributed by atoms with Crippen molar-refractivity contribution in [1.29, 1.82) is 0 Å². The lowest BCUT2D eigenvalue weighted by Gasteiger charge is -2.14. The van der Waals surface area contributed by atoms with Gasteiger partial charge < -0.3 is 20.4 Å². The molecule has 0 saturated carbocycles. The number of hydrogen-bond acceptors (Lipinski definition) is 5. The summed E-state index contributed by atoms with van der Waals surface area (Å²) in [5, 5.41) is 3.13. The van der Waals surface area contributed by atoms with Crippen molar-refractivity contribution < 1.29 is 9.21 Å². The summed E-state index contributed by atoms with van der Waals surface area (Å²) in [4.78, 5) is 17.1. The van der Waals surface area contributed by atoms with E-state index in [1.807, 2.05) is 11.9 Å². The van der Waals surface area contributed by atoms with Gasteiger partial charge in [0.05, 0.1) is 13.1 Å². The van der Waals surface area contributed by atoms with Crippen LogP contribution in [0.25, 0.3) is 0 Å². The highest BCUT2D eigenvalue weighted by atomic mass is 16.3. The Morgan fingerprint density at radius 2 is 2.50 bits per heavy atom. The molecule has 0 spiro atoms. The monoisotopic (exact) mass is 222 g/mol. The Hall–Kier alpha value is -1.98. The third-order valence-corrected chi connectivity index (χ3v) is 2.38. The zero-order valence-corrected chi connectivity index (χ0v) is 9.06. The summed E-state index contributed by atoms with van der Waals surface area (Å²) in [7, 11) is 1.97. The predicted octanol–water partition coefficient (Wildman–Crippen LogP) is -0.231. The maximum Gasteiger partial charge on any atom is 0.284 e. The molecule has 0 saturated heterocycles. The van der Waals surface area contributed by atoms with Crippen LogP contribution in [0.15, 0.2) is 21.5 Å². The lowest BCUT2D eigenvalue weighted by Crippen LogP contribution is -2.34. The standard InChI is InChI=1S/C10H14N4O2/c1-14-5-4-12-10(14)13-6-7-2-3-8(16-7)9(11)15/h2-3H,4-6H2,1H3,(H2,11,15)(H,12,13). The Morgan fingerprint density at radius 3 is 3.06 bits per heavy atom. The SMILES string of the molecule is CN1CCN=C1NCc1ccc(C(N)=O)o1. The fourth-order valence-corrected chi connectivity index (χ4v) is 1.49. The lowest BCUT2D eigenvalue weighted by molar-refractivity contribution is 0.0972. The van der Waals surface area contributed by atoms with E-state index in [1.165, 1.54) is 0 Å². The highest BCUT2D eigenvalue weighted by Crippen LogP contribution is 2.07. The van der Waals surface area contributed by atoms with Crippen molar-refractivity contribution in [3.8, 4) is 0 Å². The van der Waals surface area contributed by atoms with Crippen LogP contribution in [0, 0.1) is 0 Å². The highest BCUT2D eigenvalue weighted by molar-refractivity contribution is 5.89. The first kappa shape index (κ1) is 10.5. The van der Waals surface area contributed by atoms with Crippen molar-refractivity contribution >= 4 is 11.9 Å². The van der Waals surface area contributed by atoms with Gasteiger partial charge in [-0.15, -0.1) is 0 Å². The van der Waals surface area contributed by atoms with Gasteiger partial charge in [0.15, 0.2) is 11.7 Å². The average Bonchev–Trinajstić information content (AvgIpc) is 2.83. The fourth-order valence-electron chi connectivity index (χ4n) is 1.49. The minimum atomic E-state index is -0.554. The Morgan fingerprint density at radius 1 is 1.69 bits per heavy atom. The van der Waals surface area contributed by atoms with Crippen LogP contribution in [-0.4, -0.2) is 36.9 Å². The molecule has 0 fully saturated rings. The van der Waals surface area contributed by atoms with Gasteiger partial charge in [0.25, 0.3) is 5.91 Å². The van der Waals surface area contributed by atoms with Crippen molar-refractivity contribution in [2.75, 3.05) is 20.1 Å². The van der Waals surface area contributed by atoms with Crippen molar-refractivity contribution in [3.63, 3.8) is 0 Å². The maximum absolute atomic E-state index is 10.8. The molecule has 6 heteroatoms. The second kappa shape index (κ2) is 4.26. The number of nitrogens with one attached hydrogen (secondary N) is 1. The molecule has 0 aromatic carbocycles. The van der Waals surface area contributed by atoms with E-state index in [-0.39, 0.29) is 5.76 Å². The minimum Gasteiger partial charge on any atom is -0.454 e.